The van der Waals surface area contributed by atoms with E-state index in [1.807, 2.05) is 13.0 Å². The molecule has 20 heavy (non-hydrogen) atoms. The van der Waals surface area contributed by atoms with E-state index >= 15 is 0 Å². The minimum Gasteiger partial charge on any atom is -0.495 e. The van der Waals surface area contributed by atoms with Crippen LogP contribution in [0, 0.1) is 6.92 Å². The maximum absolute atomic E-state index is 5.83. The summed E-state index contributed by atoms with van der Waals surface area (Å²) in [6.07, 6.45) is 1.78. The predicted octanol–water partition coefficient (Wildman–Crippen LogP) is 4.34. The molecule has 0 radical (unpaired) electrons. The summed E-state index contributed by atoms with van der Waals surface area (Å²) in [5.74, 6) is 0.790. The molecule has 0 saturated heterocycles. The molecule has 0 amide bonds. The lowest BCUT2D eigenvalue weighted by atomic mass is 10.2. The Balaban J connectivity index is 1.88. The molecule has 2 aromatic heterocycles. The van der Waals surface area contributed by atoms with Crippen molar-refractivity contribution >= 4 is 50.2 Å². The van der Waals surface area contributed by atoms with Gasteiger partial charge in [-0.25, -0.2) is 9.97 Å². The van der Waals surface area contributed by atoms with E-state index in [4.69, 9.17) is 16.3 Å². The molecule has 0 aliphatic rings. The van der Waals surface area contributed by atoms with E-state index in [0.29, 0.717) is 11.0 Å². The molecule has 0 aliphatic carbocycles. The summed E-state index contributed by atoms with van der Waals surface area (Å²) in [5.41, 5.74) is 1.92. The topological polar surface area (TPSA) is 47.0 Å². The zero-order chi connectivity index (χ0) is 14.1. The molecule has 4 nitrogen and oxygen atoms in total. The summed E-state index contributed by atoms with van der Waals surface area (Å²) < 4.78 is 7.12. The molecule has 0 spiro atoms. The molecular formula is C13H12ClN3OS2. The predicted molar refractivity (Wildman–Crippen MR) is 85.4 cm³/mol. The van der Waals surface area contributed by atoms with Gasteiger partial charge in [-0.05, 0) is 13.0 Å². The third kappa shape index (κ3) is 2.72. The number of aryl methyl sites for hydroxylation is 1. The molecule has 2 heterocycles. The third-order valence-electron chi connectivity index (χ3n) is 2.80. The lowest BCUT2D eigenvalue weighted by Gasteiger charge is -2.10. The van der Waals surface area contributed by atoms with Crippen molar-refractivity contribution in [3.63, 3.8) is 0 Å². The molecular weight excluding hydrogens is 314 g/mol. The minimum absolute atomic E-state index is 0.558. The number of ether oxygens (including phenoxy) is 1. The highest BCUT2D eigenvalue weighted by Gasteiger charge is 2.09. The first-order chi connectivity index (χ1) is 9.65. The maximum Gasteiger partial charge on any atom is 0.183 e. The Bertz CT molecular complexity index is 753. The number of nitrogens with zero attached hydrogens (tertiary/aromatic N) is 2. The van der Waals surface area contributed by atoms with Crippen molar-refractivity contribution < 1.29 is 4.74 Å². The quantitative estimate of drug-likeness (QED) is 0.775. The standard InChI is InChI=1S/C13H12ClN3OS2/c1-7-17-10-3-11(18-2)9(4-12(10)19-7)15-5-8-6-16-13(14)20-8/h3-4,6,15H,5H2,1-2H3. The van der Waals surface area contributed by atoms with Crippen molar-refractivity contribution in [2.24, 2.45) is 0 Å². The van der Waals surface area contributed by atoms with Crippen LogP contribution in [0.3, 0.4) is 0 Å². The minimum atomic E-state index is 0.558. The maximum atomic E-state index is 5.83. The Kier molecular flexibility index (Phi) is 3.78. The molecule has 0 unspecified atom stereocenters. The van der Waals surface area contributed by atoms with Gasteiger partial charge in [0.25, 0.3) is 0 Å². The molecule has 1 N–H and O–H groups in total. The van der Waals surface area contributed by atoms with Crippen LogP contribution in [0.1, 0.15) is 9.88 Å². The highest BCUT2D eigenvalue weighted by atomic mass is 35.5. The number of anilines is 1. The van der Waals surface area contributed by atoms with Crippen LogP contribution in [0.2, 0.25) is 4.47 Å². The van der Waals surface area contributed by atoms with Gasteiger partial charge in [0.2, 0.25) is 0 Å². The molecule has 104 valence electrons. The normalized spacial score (nSPS) is 10.9. The van der Waals surface area contributed by atoms with Crippen molar-refractivity contribution in [3.8, 4) is 5.75 Å². The van der Waals surface area contributed by atoms with E-state index < -0.39 is 0 Å². The van der Waals surface area contributed by atoms with E-state index in [0.717, 1.165) is 31.5 Å². The Hall–Kier alpha value is -1.37. The Labute approximate surface area is 129 Å². The number of thiazole rings is 2. The van der Waals surface area contributed by atoms with Crippen molar-refractivity contribution in [2.75, 3.05) is 12.4 Å². The van der Waals surface area contributed by atoms with Crippen LogP contribution < -0.4 is 10.1 Å². The number of rotatable bonds is 4. The number of benzene rings is 1. The van der Waals surface area contributed by atoms with Crippen molar-refractivity contribution in [3.05, 3.63) is 32.7 Å². The fraction of sp³-hybridized carbons (Fsp3) is 0.231. The number of halogens is 1. The van der Waals surface area contributed by atoms with Gasteiger partial charge in [-0.3, -0.25) is 0 Å². The summed E-state index contributed by atoms with van der Waals surface area (Å²) in [6, 6.07) is 4.03. The fourth-order valence-corrected chi connectivity index (χ4v) is 3.69. The largest absolute Gasteiger partial charge is 0.495 e. The number of hydrogen-bond acceptors (Lipinski definition) is 6. The van der Waals surface area contributed by atoms with E-state index in [-0.39, 0.29) is 0 Å². The molecule has 0 aliphatic heterocycles. The third-order valence-corrected chi connectivity index (χ3v) is 4.84. The summed E-state index contributed by atoms with van der Waals surface area (Å²) >= 11 is 8.97. The second-order valence-electron chi connectivity index (χ2n) is 4.19. The molecule has 3 aromatic rings. The van der Waals surface area contributed by atoms with Gasteiger partial charge in [0.05, 0.1) is 34.6 Å². The number of methoxy groups -OCH3 is 1. The summed E-state index contributed by atoms with van der Waals surface area (Å²) in [4.78, 5) is 9.58. The van der Waals surface area contributed by atoms with Gasteiger partial charge in [0.15, 0.2) is 4.47 Å². The van der Waals surface area contributed by atoms with Gasteiger partial charge < -0.3 is 10.1 Å². The van der Waals surface area contributed by atoms with Crippen LogP contribution in [0.25, 0.3) is 10.2 Å². The number of fused-ring (bicyclic) bond motifs is 1. The highest BCUT2D eigenvalue weighted by molar-refractivity contribution is 7.18. The van der Waals surface area contributed by atoms with Gasteiger partial charge >= 0.3 is 0 Å². The van der Waals surface area contributed by atoms with Gasteiger partial charge in [-0.1, -0.05) is 11.6 Å². The molecule has 0 atom stereocenters. The Morgan fingerprint density at radius 1 is 1.35 bits per heavy atom. The molecule has 0 bridgehead atoms. The number of aromatic nitrogens is 2. The van der Waals surface area contributed by atoms with E-state index in [1.165, 1.54) is 11.3 Å². The van der Waals surface area contributed by atoms with E-state index in [2.05, 4.69) is 21.4 Å². The zero-order valence-electron chi connectivity index (χ0n) is 10.9. The molecule has 1 aromatic carbocycles. The van der Waals surface area contributed by atoms with Crippen LogP contribution in [0.4, 0.5) is 5.69 Å². The zero-order valence-corrected chi connectivity index (χ0v) is 13.3. The van der Waals surface area contributed by atoms with Gasteiger partial charge in [-0.2, -0.15) is 0 Å². The average molecular weight is 326 g/mol. The summed E-state index contributed by atoms with van der Waals surface area (Å²) in [7, 11) is 1.66. The van der Waals surface area contributed by atoms with Gasteiger partial charge in [0.1, 0.15) is 5.75 Å². The monoisotopic (exact) mass is 325 g/mol. The first-order valence-corrected chi connectivity index (χ1v) is 7.96. The number of hydrogen-bond donors (Lipinski definition) is 1. The molecule has 3 rings (SSSR count). The SMILES string of the molecule is COc1cc2nc(C)sc2cc1NCc1cnc(Cl)s1. The molecule has 0 saturated carbocycles. The fourth-order valence-electron chi connectivity index (χ4n) is 1.92. The van der Waals surface area contributed by atoms with Crippen LogP contribution >= 0.6 is 34.3 Å². The summed E-state index contributed by atoms with van der Waals surface area (Å²) in [5, 5.41) is 4.41. The van der Waals surface area contributed by atoms with E-state index in [1.54, 1.807) is 24.6 Å². The van der Waals surface area contributed by atoms with Crippen LogP contribution in [-0.4, -0.2) is 17.1 Å². The Morgan fingerprint density at radius 3 is 2.90 bits per heavy atom. The lowest BCUT2D eigenvalue weighted by Crippen LogP contribution is -1.99. The molecule has 7 heteroatoms. The first kappa shape index (κ1) is 13.6. The number of nitrogens with one attached hydrogen (secondary N) is 1. The van der Waals surface area contributed by atoms with E-state index in [9.17, 15) is 0 Å². The smallest absolute Gasteiger partial charge is 0.183 e. The second kappa shape index (κ2) is 5.55. The summed E-state index contributed by atoms with van der Waals surface area (Å²) in [6.45, 7) is 2.67. The van der Waals surface area contributed by atoms with Crippen LogP contribution in [-0.2, 0) is 6.54 Å². The van der Waals surface area contributed by atoms with Crippen molar-refractivity contribution in [1.29, 1.82) is 0 Å². The average Bonchev–Trinajstić information content (AvgIpc) is 2.99. The van der Waals surface area contributed by atoms with Crippen molar-refractivity contribution in [1.82, 2.24) is 9.97 Å². The Morgan fingerprint density at radius 2 is 2.20 bits per heavy atom. The van der Waals surface area contributed by atoms with Crippen LogP contribution in [0.5, 0.6) is 5.75 Å². The highest BCUT2D eigenvalue weighted by Crippen LogP contribution is 2.33. The second-order valence-corrected chi connectivity index (χ2v) is 7.12. The van der Waals surface area contributed by atoms with Gasteiger partial charge in [-0.15, -0.1) is 22.7 Å². The molecule has 0 fully saturated rings. The van der Waals surface area contributed by atoms with Gasteiger partial charge in [0, 0.05) is 17.1 Å². The van der Waals surface area contributed by atoms with Crippen molar-refractivity contribution in [2.45, 2.75) is 13.5 Å². The van der Waals surface area contributed by atoms with Crippen LogP contribution in [0.15, 0.2) is 18.3 Å². The first-order valence-electron chi connectivity index (χ1n) is 5.95. The lowest BCUT2D eigenvalue weighted by molar-refractivity contribution is 0.417.